The molecule has 1 aromatic rings. The summed E-state index contributed by atoms with van der Waals surface area (Å²) < 4.78 is 27.6. The van der Waals surface area contributed by atoms with Crippen molar-refractivity contribution in [3.63, 3.8) is 0 Å². The monoisotopic (exact) mass is 244 g/mol. The summed E-state index contributed by atoms with van der Waals surface area (Å²) >= 11 is 0. The summed E-state index contributed by atoms with van der Waals surface area (Å²) in [5.74, 6) is 0.998. The molecule has 0 aliphatic heterocycles. The van der Waals surface area contributed by atoms with Gasteiger partial charge in [-0.3, -0.25) is 9.40 Å². The van der Waals surface area contributed by atoms with E-state index in [9.17, 15) is 8.42 Å². The summed E-state index contributed by atoms with van der Waals surface area (Å²) in [5.41, 5.74) is 6.22. The zero-order chi connectivity index (χ0) is 11.8. The summed E-state index contributed by atoms with van der Waals surface area (Å²) in [5, 5.41) is 3.98. The third kappa shape index (κ3) is 2.53. The quantitative estimate of drug-likeness (QED) is 0.764. The fraction of sp³-hybridized carbons (Fsp3) is 0.667. The van der Waals surface area contributed by atoms with Crippen LogP contribution in [0.2, 0.25) is 0 Å². The van der Waals surface area contributed by atoms with Crippen LogP contribution in [0.15, 0.2) is 6.20 Å². The fourth-order valence-electron chi connectivity index (χ4n) is 1.55. The summed E-state index contributed by atoms with van der Waals surface area (Å²) in [6.45, 7) is 0.273. The Bertz CT molecular complexity index is 476. The molecule has 2 rings (SSSR count). The van der Waals surface area contributed by atoms with Crippen LogP contribution in [0.3, 0.4) is 0 Å². The van der Waals surface area contributed by atoms with Crippen molar-refractivity contribution in [3.05, 3.63) is 11.8 Å². The van der Waals surface area contributed by atoms with E-state index in [-0.39, 0.29) is 12.3 Å². The molecule has 90 valence electrons. The van der Waals surface area contributed by atoms with Crippen molar-refractivity contribution >= 4 is 15.8 Å². The number of aromatic nitrogens is 2. The first kappa shape index (κ1) is 11.4. The predicted molar refractivity (Wildman–Crippen MR) is 61.2 cm³/mol. The van der Waals surface area contributed by atoms with E-state index >= 15 is 0 Å². The largest absolute Gasteiger partial charge is 0.326 e. The van der Waals surface area contributed by atoms with E-state index in [1.54, 1.807) is 13.2 Å². The van der Waals surface area contributed by atoms with E-state index in [2.05, 4.69) is 9.82 Å². The molecule has 0 bridgehead atoms. The SMILES string of the molecule is Cn1ncc(CN)c1NS(=O)(=O)CC1CC1. The standard InChI is InChI=1S/C9H16N4O2S/c1-13-9(8(4-10)5-11-13)12-16(14,15)6-7-2-3-7/h5,7,12H,2-4,6,10H2,1H3. The minimum atomic E-state index is -3.26. The maximum absolute atomic E-state index is 11.8. The van der Waals surface area contributed by atoms with Gasteiger partial charge in [-0.15, -0.1) is 0 Å². The zero-order valence-corrected chi connectivity index (χ0v) is 10.00. The maximum Gasteiger partial charge on any atom is 0.234 e. The van der Waals surface area contributed by atoms with Gasteiger partial charge in [-0.05, 0) is 18.8 Å². The number of hydrogen-bond acceptors (Lipinski definition) is 4. The number of nitrogens with zero attached hydrogens (tertiary/aromatic N) is 2. The Morgan fingerprint density at radius 1 is 1.62 bits per heavy atom. The van der Waals surface area contributed by atoms with Gasteiger partial charge >= 0.3 is 0 Å². The third-order valence-electron chi connectivity index (χ3n) is 2.64. The smallest absolute Gasteiger partial charge is 0.234 e. The van der Waals surface area contributed by atoms with E-state index in [0.29, 0.717) is 17.3 Å². The molecule has 0 unspecified atom stereocenters. The van der Waals surface area contributed by atoms with Crippen molar-refractivity contribution in [3.8, 4) is 0 Å². The lowest BCUT2D eigenvalue weighted by Gasteiger charge is -2.09. The molecule has 1 saturated carbocycles. The molecule has 7 heteroatoms. The van der Waals surface area contributed by atoms with Crippen LogP contribution in [0.5, 0.6) is 0 Å². The molecular formula is C9H16N4O2S. The molecule has 1 fully saturated rings. The Morgan fingerprint density at radius 3 is 2.88 bits per heavy atom. The second-order valence-corrected chi connectivity index (χ2v) is 5.94. The number of hydrogen-bond donors (Lipinski definition) is 2. The van der Waals surface area contributed by atoms with Crippen molar-refractivity contribution in [2.45, 2.75) is 19.4 Å². The van der Waals surface area contributed by atoms with Crippen LogP contribution in [-0.4, -0.2) is 24.0 Å². The topological polar surface area (TPSA) is 90.0 Å². The van der Waals surface area contributed by atoms with Crippen LogP contribution in [0.4, 0.5) is 5.82 Å². The van der Waals surface area contributed by atoms with Gasteiger partial charge in [0.05, 0.1) is 11.9 Å². The summed E-state index contributed by atoms with van der Waals surface area (Å²) in [4.78, 5) is 0. The second kappa shape index (κ2) is 4.06. The highest BCUT2D eigenvalue weighted by molar-refractivity contribution is 7.92. The number of aryl methyl sites for hydroxylation is 1. The molecule has 0 spiro atoms. The molecule has 3 N–H and O–H groups in total. The fourth-order valence-corrected chi connectivity index (χ4v) is 3.14. The average molecular weight is 244 g/mol. The van der Waals surface area contributed by atoms with Crippen LogP contribution >= 0.6 is 0 Å². The van der Waals surface area contributed by atoms with Crippen molar-refractivity contribution in [1.82, 2.24) is 9.78 Å². The van der Waals surface area contributed by atoms with Crippen molar-refractivity contribution < 1.29 is 8.42 Å². The molecular weight excluding hydrogens is 228 g/mol. The molecule has 0 atom stereocenters. The normalized spacial score (nSPS) is 16.4. The Morgan fingerprint density at radius 2 is 2.31 bits per heavy atom. The Kier molecular flexibility index (Phi) is 2.90. The molecule has 1 aliphatic rings. The number of sulfonamides is 1. The molecule has 1 aliphatic carbocycles. The van der Waals surface area contributed by atoms with Crippen molar-refractivity contribution in [2.75, 3.05) is 10.5 Å². The molecule has 1 heterocycles. The summed E-state index contributed by atoms with van der Waals surface area (Å²) in [6.07, 6.45) is 3.60. The molecule has 16 heavy (non-hydrogen) atoms. The first-order chi connectivity index (χ1) is 7.52. The summed E-state index contributed by atoms with van der Waals surface area (Å²) in [6, 6.07) is 0. The number of anilines is 1. The van der Waals surface area contributed by atoms with E-state index in [1.165, 1.54) is 4.68 Å². The number of rotatable bonds is 5. The first-order valence-corrected chi connectivity index (χ1v) is 6.88. The summed E-state index contributed by atoms with van der Waals surface area (Å²) in [7, 11) is -1.57. The van der Waals surface area contributed by atoms with Gasteiger partial charge in [-0.25, -0.2) is 8.42 Å². The molecule has 1 aromatic heterocycles. The van der Waals surface area contributed by atoms with E-state index in [4.69, 9.17) is 5.73 Å². The van der Waals surface area contributed by atoms with Gasteiger partial charge in [0.1, 0.15) is 5.82 Å². The van der Waals surface area contributed by atoms with E-state index < -0.39 is 10.0 Å². The molecule has 6 nitrogen and oxygen atoms in total. The predicted octanol–water partition coefficient (Wildman–Crippen LogP) is 0.0305. The maximum atomic E-state index is 11.8. The number of nitrogens with two attached hydrogens (primary N) is 1. The van der Waals surface area contributed by atoms with Gasteiger partial charge in [-0.2, -0.15) is 5.10 Å². The van der Waals surface area contributed by atoms with Gasteiger partial charge in [0.15, 0.2) is 0 Å². The van der Waals surface area contributed by atoms with E-state index in [0.717, 1.165) is 12.8 Å². The van der Waals surface area contributed by atoms with Gasteiger partial charge in [0.2, 0.25) is 10.0 Å². The van der Waals surface area contributed by atoms with E-state index in [1.807, 2.05) is 0 Å². The number of nitrogens with one attached hydrogen (secondary N) is 1. The zero-order valence-electron chi connectivity index (χ0n) is 9.18. The Labute approximate surface area is 94.9 Å². The molecule has 0 aromatic carbocycles. The molecule has 0 radical (unpaired) electrons. The van der Waals surface area contributed by atoms with Crippen LogP contribution in [0, 0.1) is 5.92 Å². The average Bonchev–Trinajstić information content (AvgIpc) is 2.93. The highest BCUT2D eigenvalue weighted by Crippen LogP contribution is 2.30. The van der Waals surface area contributed by atoms with Gasteiger partial charge in [0, 0.05) is 19.2 Å². The Balaban J connectivity index is 2.15. The van der Waals surface area contributed by atoms with Crippen LogP contribution in [-0.2, 0) is 23.6 Å². The van der Waals surface area contributed by atoms with Crippen LogP contribution in [0.1, 0.15) is 18.4 Å². The van der Waals surface area contributed by atoms with Crippen molar-refractivity contribution in [2.24, 2.45) is 18.7 Å². The van der Waals surface area contributed by atoms with Crippen LogP contribution in [0.25, 0.3) is 0 Å². The molecule has 0 saturated heterocycles. The lowest BCUT2D eigenvalue weighted by molar-refractivity contribution is 0.596. The second-order valence-electron chi connectivity index (χ2n) is 4.17. The van der Waals surface area contributed by atoms with Crippen LogP contribution < -0.4 is 10.5 Å². The third-order valence-corrected chi connectivity index (χ3v) is 4.05. The minimum Gasteiger partial charge on any atom is -0.326 e. The van der Waals surface area contributed by atoms with Crippen molar-refractivity contribution in [1.29, 1.82) is 0 Å². The highest BCUT2D eigenvalue weighted by Gasteiger charge is 2.28. The lowest BCUT2D eigenvalue weighted by Crippen LogP contribution is -2.20. The lowest BCUT2D eigenvalue weighted by atomic mass is 10.3. The van der Waals surface area contributed by atoms with Gasteiger partial charge in [-0.1, -0.05) is 0 Å². The molecule has 0 amide bonds. The minimum absolute atomic E-state index is 0.197. The highest BCUT2D eigenvalue weighted by atomic mass is 32.2. The van der Waals surface area contributed by atoms with Gasteiger partial charge in [0.25, 0.3) is 0 Å². The first-order valence-electron chi connectivity index (χ1n) is 5.23. The van der Waals surface area contributed by atoms with Gasteiger partial charge < -0.3 is 5.73 Å². The Hall–Kier alpha value is -1.08.